The van der Waals surface area contributed by atoms with Crippen molar-refractivity contribution in [1.82, 2.24) is 10.3 Å². The van der Waals surface area contributed by atoms with E-state index in [9.17, 15) is 0 Å². The van der Waals surface area contributed by atoms with Crippen LogP contribution in [-0.2, 0) is 12.8 Å². The van der Waals surface area contributed by atoms with Crippen LogP contribution < -0.4 is 5.32 Å². The van der Waals surface area contributed by atoms with Gasteiger partial charge in [-0.1, -0.05) is 44.2 Å². The van der Waals surface area contributed by atoms with E-state index in [1.165, 1.54) is 22.6 Å². The molecule has 2 nitrogen and oxygen atoms in total. The average Bonchev–Trinajstić information content (AvgIpc) is 2.88. The topological polar surface area (TPSA) is 24.9 Å². The van der Waals surface area contributed by atoms with Gasteiger partial charge in [-0.3, -0.25) is 0 Å². The molecule has 114 valence electrons. The van der Waals surface area contributed by atoms with Crippen LogP contribution in [0.3, 0.4) is 0 Å². The first-order chi connectivity index (χ1) is 10.1. The Bertz CT molecular complexity index is 519. The monoisotopic (exact) mass is 302 g/mol. The minimum absolute atomic E-state index is 0.549. The molecule has 1 N–H and O–H groups in total. The minimum Gasteiger partial charge on any atom is -0.314 e. The molecule has 2 aromatic rings. The van der Waals surface area contributed by atoms with Gasteiger partial charge in [-0.05, 0) is 44.2 Å². The maximum Gasteiger partial charge on any atom is 0.0797 e. The number of nitrogens with zero attached hydrogens (tertiary/aromatic N) is 1. The van der Waals surface area contributed by atoms with Crippen LogP contribution in [0.2, 0.25) is 0 Å². The number of rotatable bonds is 8. The molecule has 0 aliphatic rings. The second kappa shape index (κ2) is 8.30. The Morgan fingerprint density at radius 2 is 1.95 bits per heavy atom. The molecule has 0 spiro atoms. The fourth-order valence-corrected chi connectivity index (χ4v) is 3.32. The standard InChI is InChI=1S/C18H26N2S/c1-14(2)19-12-17(11-16-7-5-4-6-8-16)9-10-18-15(3)20-13-21-18/h4-8,13-14,17,19H,9-12H2,1-3H3. The lowest BCUT2D eigenvalue weighted by Gasteiger charge is -2.19. The van der Waals surface area contributed by atoms with Crippen LogP contribution in [0.15, 0.2) is 35.8 Å². The lowest BCUT2D eigenvalue weighted by atomic mass is 9.94. The largest absolute Gasteiger partial charge is 0.314 e. The first kappa shape index (κ1) is 16.2. The van der Waals surface area contributed by atoms with Gasteiger partial charge in [0.25, 0.3) is 0 Å². The van der Waals surface area contributed by atoms with Crippen LogP contribution in [0.1, 0.15) is 36.4 Å². The van der Waals surface area contributed by atoms with E-state index in [-0.39, 0.29) is 0 Å². The highest BCUT2D eigenvalue weighted by molar-refractivity contribution is 7.09. The van der Waals surface area contributed by atoms with E-state index in [1.807, 2.05) is 5.51 Å². The maximum atomic E-state index is 4.36. The maximum absolute atomic E-state index is 4.36. The molecular formula is C18H26N2S. The van der Waals surface area contributed by atoms with E-state index < -0.39 is 0 Å². The van der Waals surface area contributed by atoms with Crippen LogP contribution in [0, 0.1) is 12.8 Å². The molecule has 1 aromatic heterocycles. The minimum atomic E-state index is 0.549. The van der Waals surface area contributed by atoms with Crippen LogP contribution in [0.5, 0.6) is 0 Å². The number of nitrogens with one attached hydrogen (secondary N) is 1. The van der Waals surface area contributed by atoms with Gasteiger partial charge in [-0.25, -0.2) is 4.98 Å². The number of aromatic nitrogens is 1. The molecule has 0 bridgehead atoms. The van der Waals surface area contributed by atoms with E-state index in [0.717, 1.165) is 19.4 Å². The molecule has 0 amide bonds. The van der Waals surface area contributed by atoms with Crippen LogP contribution in [-0.4, -0.2) is 17.6 Å². The molecule has 21 heavy (non-hydrogen) atoms. The van der Waals surface area contributed by atoms with Crippen molar-refractivity contribution in [2.24, 2.45) is 5.92 Å². The first-order valence-corrected chi connectivity index (χ1v) is 8.69. The van der Waals surface area contributed by atoms with Gasteiger partial charge in [0.2, 0.25) is 0 Å². The number of hydrogen-bond acceptors (Lipinski definition) is 3. The summed E-state index contributed by atoms with van der Waals surface area (Å²) in [5.74, 6) is 0.677. The first-order valence-electron chi connectivity index (χ1n) is 7.81. The predicted octanol–water partition coefficient (Wildman–Crippen LogP) is 4.24. The molecule has 0 saturated heterocycles. The average molecular weight is 302 g/mol. The summed E-state index contributed by atoms with van der Waals surface area (Å²) >= 11 is 1.79. The summed E-state index contributed by atoms with van der Waals surface area (Å²) in [6.07, 6.45) is 3.52. The van der Waals surface area contributed by atoms with E-state index in [1.54, 1.807) is 11.3 Å². The van der Waals surface area contributed by atoms with Gasteiger partial charge in [0.05, 0.1) is 11.2 Å². The Morgan fingerprint density at radius 1 is 1.19 bits per heavy atom. The third-order valence-electron chi connectivity index (χ3n) is 3.81. The van der Waals surface area contributed by atoms with Gasteiger partial charge >= 0.3 is 0 Å². The Labute approximate surface area is 132 Å². The second-order valence-corrected chi connectivity index (χ2v) is 6.96. The van der Waals surface area contributed by atoms with Gasteiger partial charge in [-0.15, -0.1) is 11.3 Å². The summed E-state index contributed by atoms with van der Waals surface area (Å²) in [6.45, 7) is 7.63. The number of aryl methyl sites for hydroxylation is 2. The van der Waals surface area contributed by atoms with Gasteiger partial charge in [0.15, 0.2) is 0 Å². The molecule has 0 aliphatic carbocycles. The summed E-state index contributed by atoms with van der Waals surface area (Å²) in [5.41, 5.74) is 4.60. The summed E-state index contributed by atoms with van der Waals surface area (Å²) in [5, 5.41) is 3.60. The predicted molar refractivity (Wildman–Crippen MR) is 91.9 cm³/mol. The molecule has 1 atom stereocenters. The molecular weight excluding hydrogens is 276 g/mol. The third-order valence-corrected chi connectivity index (χ3v) is 4.80. The van der Waals surface area contributed by atoms with Crippen molar-refractivity contribution in [2.45, 2.75) is 46.1 Å². The Hall–Kier alpha value is -1.19. The van der Waals surface area contributed by atoms with Crippen molar-refractivity contribution in [3.05, 3.63) is 52.0 Å². The number of thiazole rings is 1. The van der Waals surface area contributed by atoms with Crippen molar-refractivity contribution in [3.8, 4) is 0 Å². The number of hydrogen-bond donors (Lipinski definition) is 1. The smallest absolute Gasteiger partial charge is 0.0797 e. The van der Waals surface area contributed by atoms with E-state index in [0.29, 0.717) is 12.0 Å². The van der Waals surface area contributed by atoms with Crippen molar-refractivity contribution in [1.29, 1.82) is 0 Å². The van der Waals surface area contributed by atoms with Crippen molar-refractivity contribution < 1.29 is 0 Å². The molecule has 0 aliphatic heterocycles. The van der Waals surface area contributed by atoms with Crippen molar-refractivity contribution >= 4 is 11.3 Å². The van der Waals surface area contributed by atoms with Gasteiger partial charge in [0, 0.05) is 10.9 Å². The van der Waals surface area contributed by atoms with Crippen LogP contribution in [0.4, 0.5) is 0 Å². The number of benzene rings is 1. The third kappa shape index (κ3) is 5.60. The quantitative estimate of drug-likeness (QED) is 0.789. The fourth-order valence-electron chi connectivity index (χ4n) is 2.53. The molecule has 1 aromatic carbocycles. The zero-order chi connectivity index (χ0) is 15.1. The van der Waals surface area contributed by atoms with Gasteiger partial charge in [0.1, 0.15) is 0 Å². The zero-order valence-corrected chi connectivity index (χ0v) is 14.1. The summed E-state index contributed by atoms with van der Waals surface area (Å²) in [7, 11) is 0. The van der Waals surface area contributed by atoms with E-state index >= 15 is 0 Å². The van der Waals surface area contributed by atoms with Crippen molar-refractivity contribution in [3.63, 3.8) is 0 Å². The SMILES string of the molecule is Cc1ncsc1CCC(CNC(C)C)Cc1ccccc1. The molecule has 0 radical (unpaired) electrons. The van der Waals surface area contributed by atoms with E-state index in [4.69, 9.17) is 0 Å². The highest BCUT2D eigenvalue weighted by Crippen LogP contribution is 2.19. The second-order valence-electron chi connectivity index (χ2n) is 6.02. The fraction of sp³-hybridized carbons (Fsp3) is 0.500. The summed E-state index contributed by atoms with van der Waals surface area (Å²) < 4.78 is 0. The molecule has 0 saturated carbocycles. The highest BCUT2D eigenvalue weighted by atomic mass is 32.1. The normalized spacial score (nSPS) is 12.8. The molecule has 0 fully saturated rings. The highest BCUT2D eigenvalue weighted by Gasteiger charge is 2.12. The summed E-state index contributed by atoms with van der Waals surface area (Å²) in [4.78, 5) is 5.80. The molecule has 2 rings (SSSR count). The van der Waals surface area contributed by atoms with Gasteiger partial charge in [-0.2, -0.15) is 0 Å². The molecule has 1 unspecified atom stereocenters. The Morgan fingerprint density at radius 3 is 2.57 bits per heavy atom. The lowest BCUT2D eigenvalue weighted by Crippen LogP contribution is -2.30. The Kier molecular flexibility index (Phi) is 6.40. The lowest BCUT2D eigenvalue weighted by molar-refractivity contribution is 0.423. The van der Waals surface area contributed by atoms with Crippen LogP contribution in [0.25, 0.3) is 0 Å². The Balaban J connectivity index is 1.93. The zero-order valence-electron chi connectivity index (χ0n) is 13.3. The molecule has 1 heterocycles. The van der Waals surface area contributed by atoms with E-state index in [2.05, 4.69) is 61.4 Å². The molecule has 3 heteroatoms. The van der Waals surface area contributed by atoms with Crippen molar-refractivity contribution in [2.75, 3.05) is 6.54 Å². The van der Waals surface area contributed by atoms with Crippen LogP contribution >= 0.6 is 11.3 Å². The van der Waals surface area contributed by atoms with Gasteiger partial charge < -0.3 is 5.32 Å². The summed E-state index contributed by atoms with van der Waals surface area (Å²) in [6, 6.07) is 11.4.